The van der Waals surface area contributed by atoms with Gasteiger partial charge >= 0.3 is 0 Å². The van der Waals surface area contributed by atoms with E-state index in [0.29, 0.717) is 6.42 Å². The minimum absolute atomic E-state index is 0.0539. The second-order valence-corrected chi connectivity index (χ2v) is 6.54. The van der Waals surface area contributed by atoms with Crippen LogP contribution in [0.5, 0.6) is 5.75 Å². The Morgan fingerprint density at radius 2 is 1.64 bits per heavy atom. The molecule has 4 aromatic rings. The first-order valence-corrected chi connectivity index (χ1v) is 9.10. The van der Waals surface area contributed by atoms with Gasteiger partial charge in [0.1, 0.15) is 5.75 Å². The Morgan fingerprint density at radius 1 is 0.893 bits per heavy atom. The van der Waals surface area contributed by atoms with Crippen molar-refractivity contribution in [2.75, 3.05) is 12.4 Å². The molecule has 1 amide bonds. The number of hydrogen-bond donors (Lipinski definition) is 1. The number of nitrogens with one attached hydrogen (secondary N) is 1. The lowest BCUT2D eigenvalue weighted by Gasteiger charge is -2.08. The zero-order valence-electron chi connectivity index (χ0n) is 15.6. The number of amides is 1. The number of pyridine rings is 1. The molecule has 0 saturated carbocycles. The molecule has 1 N–H and O–H groups in total. The summed E-state index contributed by atoms with van der Waals surface area (Å²) in [4.78, 5) is 17.0. The predicted octanol–water partition coefficient (Wildman–Crippen LogP) is 5.09. The second-order valence-electron chi connectivity index (χ2n) is 6.54. The molecule has 1 aromatic heterocycles. The van der Waals surface area contributed by atoms with Crippen LogP contribution < -0.4 is 10.1 Å². The number of carbonyl (C=O) groups excluding carboxylic acids is 1. The van der Waals surface area contributed by atoms with Crippen LogP contribution in [0.1, 0.15) is 5.56 Å². The molecule has 0 unspecified atom stereocenters. The molecule has 0 radical (unpaired) electrons. The maximum absolute atomic E-state index is 12.3. The molecule has 0 atom stereocenters. The average molecular weight is 368 g/mol. The third kappa shape index (κ3) is 4.01. The summed E-state index contributed by atoms with van der Waals surface area (Å²) in [5.74, 6) is 0.726. The molecule has 138 valence electrons. The van der Waals surface area contributed by atoms with Crippen LogP contribution in [0.4, 0.5) is 5.69 Å². The normalized spacial score (nSPS) is 10.6. The van der Waals surface area contributed by atoms with E-state index in [1.807, 2.05) is 78.9 Å². The van der Waals surface area contributed by atoms with Gasteiger partial charge < -0.3 is 10.1 Å². The maximum Gasteiger partial charge on any atom is 0.228 e. The summed E-state index contributed by atoms with van der Waals surface area (Å²) in [7, 11) is 1.62. The quantitative estimate of drug-likeness (QED) is 0.534. The number of rotatable bonds is 5. The molecule has 0 bridgehead atoms. The van der Waals surface area contributed by atoms with Crippen LogP contribution in [0.2, 0.25) is 0 Å². The fraction of sp³-hybridized carbons (Fsp3) is 0.0833. The Hall–Kier alpha value is -3.66. The molecule has 4 heteroatoms. The Labute approximate surface area is 163 Å². The summed E-state index contributed by atoms with van der Waals surface area (Å²) in [6.07, 6.45) is 0.317. The summed E-state index contributed by atoms with van der Waals surface area (Å²) in [5.41, 5.74) is 4.60. The zero-order chi connectivity index (χ0) is 19.3. The number of ether oxygens (including phenoxy) is 1. The molecule has 28 heavy (non-hydrogen) atoms. The lowest BCUT2D eigenvalue weighted by atomic mass is 10.1. The van der Waals surface area contributed by atoms with E-state index in [9.17, 15) is 4.79 Å². The molecule has 0 saturated heterocycles. The number of aromatic nitrogens is 1. The van der Waals surface area contributed by atoms with Crippen molar-refractivity contribution in [2.45, 2.75) is 6.42 Å². The van der Waals surface area contributed by atoms with Crippen LogP contribution in [0.25, 0.3) is 22.2 Å². The largest absolute Gasteiger partial charge is 0.497 e. The van der Waals surface area contributed by atoms with Gasteiger partial charge in [0.25, 0.3) is 0 Å². The van der Waals surface area contributed by atoms with Crippen molar-refractivity contribution >= 4 is 22.5 Å². The van der Waals surface area contributed by atoms with Crippen LogP contribution in [0.15, 0.2) is 84.9 Å². The summed E-state index contributed by atoms with van der Waals surface area (Å²) in [6, 6.07) is 27.4. The Bertz CT molecular complexity index is 1100. The number of fused-ring (bicyclic) bond motifs is 1. The van der Waals surface area contributed by atoms with E-state index >= 15 is 0 Å². The van der Waals surface area contributed by atoms with Gasteiger partial charge in [0.2, 0.25) is 5.91 Å². The van der Waals surface area contributed by atoms with Gasteiger partial charge in [0, 0.05) is 16.6 Å². The van der Waals surface area contributed by atoms with Gasteiger partial charge in [-0.2, -0.15) is 0 Å². The Morgan fingerprint density at radius 3 is 2.39 bits per heavy atom. The molecule has 0 aliphatic heterocycles. The lowest BCUT2D eigenvalue weighted by Crippen LogP contribution is -2.14. The Kier molecular flexibility index (Phi) is 5.02. The fourth-order valence-electron chi connectivity index (χ4n) is 3.09. The second kappa shape index (κ2) is 7.92. The molecule has 0 spiro atoms. The summed E-state index contributed by atoms with van der Waals surface area (Å²) in [5, 5.41) is 4.06. The van der Waals surface area contributed by atoms with Crippen molar-refractivity contribution < 1.29 is 9.53 Å². The van der Waals surface area contributed by atoms with Crippen LogP contribution in [0, 0.1) is 0 Å². The Balaban J connectivity index is 1.44. The topological polar surface area (TPSA) is 51.2 Å². The van der Waals surface area contributed by atoms with Crippen LogP contribution in [-0.2, 0) is 11.2 Å². The van der Waals surface area contributed by atoms with E-state index < -0.39 is 0 Å². The van der Waals surface area contributed by atoms with Crippen LogP contribution >= 0.6 is 0 Å². The smallest absolute Gasteiger partial charge is 0.228 e. The average Bonchev–Trinajstić information content (AvgIpc) is 2.74. The van der Waals surface area contributed by atoms with Crippen LogP contribution in [-0.4, -0.2) is 18.0 Å². The molecule has 0 aliphatic rings. The first-order valence-electron chi connectivity index (χ1n) is 9.10. The fourth-order valence-corrected chi connectivity index (χ4v) is 3.09. The molecule has 1 heterocycles. The molecule has 4 nitrogen and oxygen atoms in total. The van der Waals surface area contributed by atoms with Crippen molar-refractivity contribution in [3.8, 4) is 17.0 Å². The van der Waals surface area contributed by atoms with Gasteiger partial charge in [-0.1, -0.05) is 48.5 Å². The number of para-hydroxylation sites is 1. The van der Waals surface area contributed by atoms with Gasteiger partial charge in [-0.15, -0.1) is 0 Å². The number of hydrogen-bond acceptors (Lipinski definition) is 3. The van der Waals surface area contributed by atoms with Crippen molar-refractivity contribution in [3.05, 3.63) is 90.5 Å². The standard InChI is InChI=1S/C24H20N2O2/c1-28-21-13-6-17(7-14-21)16-24(27)25-20-11-8-19(9-12-20)23-15-10-18-4-2-3-5-22(18)26-23/h2-15H,16H2,1H3,(H,25,27). The molecule has 4 rings (SSSR count). The third-order valence-corrected chi connectivity index (χ3v) is 4.59. The molecular weight excluding hydrogens is 348 g/mol. The summed E-state index contributed by atoms with van der Waals surface area (Å²) < 4.78 is 5.14. The SMILES string of the molecule is COc1ccc(CC(=O)Nc2ccc(-c3ccc4ccccc4n3)cc2)cc1. The van der Waals surface area contributed by atoms with Crippen molar-refractivity contribution in [3.63, 3.8) is 0 Å². The van der Waals surface area contributed by atoms with E-state index in [1.54, 1.807) is 7.11 Å². The number of nitrogens with zero attached hydrogens (tertiary/aromatic N) is 1. The van der Waals surface area contributed by atoms with Gasteiger partial charge in [-0.3, -0.25) is 4.79 Å². The molecule has 3 aromatic carbocycles. The van der Waals surface area contributed by atoms with E-state index in [1.165, 1.54) is 0 Å². The van der Waals surface area contributed by atoms with Gasteiger partial charge in [0.05, 0.1) is 24.7 Å². The number of benzene rings is 3. The lowest BCUT2D eigenvalue weighted by molar-refractivity contribution is -0.115. The van der Waals surface area contributed by atoms with E-state index in [0.717, 1.165) is 39.2 Å². The van der Waals surface area contributed by atoms with Gasteiger partial charge in [-0.25, -0.2) is 4.98 Å². The van der Waals surface area contributed by atoms with E-state index in [4.69, 9.17) is 9.72 Å². The van der Waals surface area contributed by atoms with Crippen molar-refractivity contribution in [2.24, 2.45) is 0 Å². The minimum atomic E-state index is -0.0539. The first-order chi connectivity index (χ1) is 13.7. The van der Waals surface area contributed by atoms with Crippen LogP contribution in [0.3, 0.4) is 0 Å². The van der Waals surface area contributed by atoms with E-state index in [2.05, 4.69) is 11.4 Å². The molecule has 0 aliphatic carbocycles. The van der Waals surface area contributed by atoms with Crippen molar-refractivity contribution in [1.82, 2.24) is 4.98 Å². The number of methoxy groups -OCH3 is 1. The number of anilines is 1. The maximum atomic E-state index is 12.3. The molecular formula is C24H20N2O2. The highest BCUT2D eigenvalue weighted by molar-refractivity contribution is 5.92. The molecule has 0 fully saturated rings. The predicted molar refractivity (Wildman–Crippen MR) is 113 cm³/mol. The zero-order valence-corrected chi connectivity index (χ0v) is 15.6. The third-order valence-electron chi connectivity index (χ3n) is 4.59. The van der Waals surface area contributed by atoms with E-state index in [-0.39, 0.29) is 5.91 Å². The highest BCUT2D eigenvalue weighted by Gasteiger charge is 2.06. The van der Waals surface area contributed by atoms with Crippen molar-refractivity contribution in [1.29, 1.82) is 0 Å². The highest BCUT2D eigenvalue weighted by Crippen LogP contribution is 2.22. The monoisotopic (exact) mass is 368 g/mol. The summed E-state index contributed by atoms with van der Waals surface area (Å²) in [6.45, 7) is 0. The summed E-state index contributed by atoms with van der Waals surface area (Å²) >= 11 is 0. The highest BCUT2D eigenvalue weighted by atomic mass is 16.5. The first kappa shape index (κ1) is 17.7. The van der Waals surface area contributed by atoms with Gasteiger partial charge in [-0.05, 0) is 42.0 Å². The number of carbonyl (C=O) groups is 1. The minimum Gasteiger partial charge on any atom is -0.497 e. The van der Waals surface area contributed by atoms with Gasteiger partial charge in [0.15, 0.2) is 0 Å².